The highest BCUT2D eigenvalue weighted by molar-refractivity contribution is 4.60. The van der Waals surface area contributed by atoms with Crippen LogP contribution in [0.4, 0.5) is 0 Å². The van der Waals surface area contributed by atoms with Gasteiger partial charge in [0.1, 0.15) is 6.79 Å². The molecule has 1 heterocycles. The Morgan fingerprint density at radius 1 is 1.75 bits per heavy atom. The van der Waals surface area contributed by atoms with Crippen molar-refractivity contribution in [2.75, 3.05) is 27.0 Å². The average molecular weight is 117 g/mol. The van der Waals surface area contributed by atoms with Gasteiger partial charge in [0.15, 0.2) is 0 Å². The topological polar surface area (TPSA) is 30.5 Å². The molecule has 0 aromatic carbocycles. The fourth-order valence-electron chi connectivity index (χ4n) is 0.718. The summed E-state index contributed by atoms with van der Waals surface area (Å²) in [5.74, 6) is 0. The number of ether oxygens (including phenoxy) is 2. The quantitative estimate of drug-likeness (QED) is 0.532. The molecule has 48 valence electrons. The molecule has 1 saturated heterocycles. The Balaban J connectivity index is 2.06. The third-order valence-corrected chi connectivity index (χ3v) is 1.12. The summed E-state index contributed by atoms with van der Waals surface area (Å²) in [5, 5.41) is 3.00. The summed E-state index contributed by atoms with van der Waals surface area (Å²) >= 11 is 0. The lowest BCUT2D eigenvalue weighted by atomic mass is 10.4. The van der Waals surface area contributed by atoms with Gasteiger partial charge in [0.05, 0.1) is 12.7 Å². The summed E-state index contributed by atoms with van der Waals surface area (Å²) in [6.07, 6.45) is 0.278. The van der Waals surface area contributed by atoms with Crippen molar-refractivity contribution in [2.24, 2.45) is 0 Å². The van der Waals surface area contributed by atoms with Crippen LogP contribution >= 0.6 is 0 Å². The SMILES string of the molecule is CNC[C@@H]1COCO1. The second-order valence-electron chi connectivity index (χ2n) is 1.83. The highest BCUT2D eigenvalue weighted by atomic mass is 16.7. The molecule has 1 fully saturated rings. The van der Waals surface area contributed by atoms with E-state index in [1.165, 1.54) is 0 Å². The summed E-state index contributed by atoms with van der Waals surface area (Å²) in [5.41, 5.74) is 0. The first-order valence-electron chi connectivity index (χ1n) is 2.77. The molecule has 1 rings (SSSR count). The van der Waals surface area contributed by atoms with E-state index in [1.54, 1.807) is 0 Å². The van der Waals surface area contributed by atoms with Gasteiger partial charge in [-0.3, -0.25) is 0 Å². The minimum absolute atomic E-state index is 0.278. The van der Waals surface area contributed by atoms with Crippen molar-refractivity contribution in [3.05, 3.63) is 0 Å². The molecule has 1 atom stereocenters. The lowest BCUT2D eigenvalue weighted by Crippen LogP contribution is -2.24. The van der Waals surface area contributed by atoms with Crippen LogP contribution in [0.2, 0.25) is 0 Å². The van der Waals surface area contributed by atoms with Gasteiger partial charge in [-0.2, -0.15) is 0 Å². The van der Waals surface area contributed by atoms with Crippen LogP contribution in [0, 0.1) is 0 Å². The predicted octanol–water partition coefficient (Wildman–Crippen LogP) is -0.421. The summed E-state index contributed by atoms with van der Waals surface area (Å²) in [6.45, 7) is 2.09. The molecule has 3 nitrogen and oxygen atoms in total. The van der Waals surface area contributed by atoms with Gasteiger partial charge in [-0.05, 0) is 7.05 Å². The van der Waals surface area contributed by atoms with E-state index in [1.807, 2.05) is 7.05 Å². The molecular formula is C5H11NO2. The van der Waals surface area contributed by atoms with Crippen molar-refractivity contribution in [1.29, 1.82) is 0 Å². The van der Waals surface area contributed by atoms with Crippen molar-refractivity contribution >= 4 is 0 Å². The Morgan fingerprint density at radius 2 is 2.62 bits per heavy atom. The Morgan fingerprint density at radius 3 is 3.12 bits per heavy atom. The van der Waals surface area contributed by atoms with E-state index in [0.29, 0.717) is 6.79 Å². The van der Waals surface area contributed by atoms with Gasteiger partial charge in [-0.1, -0.05) is 0 Å². The van der Waals surface area contributed by atoms with Gasteiger partial charge in [0.2, 0.25) is 0 Å². The second kappa shape index (κ2) is 3.02. The van der Waals surface area contributed by atoms with E-state index >= 15 is 0 Å². The molecule has 0 amide bonds. The molecule has 1 aliphatic rings. The van der Waals surface area contributed by atoms with Gasteiger partial charge >= 0.3 is 0 Å². The molecule has 0 unspecified atom stereocenters. The van der Waals surface area contributed by atoms with Crippen molar-refractivity contribution in [1.82, 2.24) is 5.32 Å². The zero-order chi connectivity index (χ0) is 5.82. The summed E-state index contributed by atoms with van der Waals surface area (Å²) in [6, 6.07) is 0. The lowest BCUT2D eigenvalue weighted by molar-refractivity contribution is 0.0474. The van der Waals surface area contributed by atoms with Crippen molar-refractivity contribution < 1.29 is 9.47 Å². The molecule has 0 radical (unpaired) electrons. The fraction of sp³-hybridized carbons (Fsp3) is 1.00. The predicted molar refractivity (Wildman–Crippen MR) is 29.6 cm³/mol. The third kappa shape index (κ3) is 1.43. The highest BCUT2D eigenvalue weighted by Gasteiger charge is 2.13. The highest BCUT2D eigenvalue weighted by Crippen LogP contribution is 1.99. The summed E-state index contributed by atoms with van der Waals surface area (Å²) in [4.78, 5) is 0. The Hall–Kier alpha value is -0.120. The Labute approximate surface area is 49.0 Å². The molecule has 0 spiro atoms. The molecule has 0 aromatic rings. The monoisotopic (exact) mass is 117 g/mol. The number of likely N-dealkylation sites (N-methyl/N-ethyl adjacent to an activating group) is 1. The second-order valence-corrected chi connectivity index (χ2v) is 1.83. The Bertz CT molecular complexity index is 61.4. The molecular weight excluding hydrogens is 106 g/mol. The van der Waals surface area contributed by atoms with E-state index in [-0.39, 0.29) is 6.10 Å². The van der Waals surface area contributed by atoms with Crippen molar-refractivity contribution in [3.8, 4) is 0 Å². The van der Waals surface area contributed by atoms with Gasteiger partial charge in [0, 0.05) is 6.54 Å². The number of hydrogen-bond donors (Lipinski definition) is 1. The van der Waals surface area contributed by atoms with Crippen LogP contribution in [-0.4, -0.2) is 33.1 Å². The number of hydrogen-bond acceptors (Lipinski definition) is 3. The van der Waals surface area contributed by atoms with Gasteiger partial charge in [-0.25, -0.2) is 0 Å². The van der Waals surface area contributed by atoms with Crippen LogP contribution < -0.4 is 5.32 Å². The molecule has 0 aliphatic carbocycles. The minimum Gasteiger partial charge on any atom is -0.353 e. The molecule has 0 saturated carbocycles. The smallest absolute Gasteiger partial charge is 0.147 e. The van der Waals surface area contributed by atoms with Crippen LogP contribution in [0.5, 0.6) is 0 Å². The van der Waals surface area contributed by atoms with E-state index < -0.39 is 0 Å². The van der Waals surface area contributed by atoms with Crippen molar-refractivity contribution in [2.45, 2.75) is 6.10 Å². The maximum absolute atomic E-state index is 5.11. The third-order valence-electron chi connectivity index (χ3n) is 1.12. The van der Waals surface area contributed by atoms with Crippen LogP contribution in [0.1, 0.15) is 0 Å². The molecule has 8 heavy (non-hydrogen) atoms. The Kier molecular flexibility index (Phi) is 2.27. The number of rotatable bonds is 2. The molecule has 3 heteroatoms. The van der Waals surface area contributed by atoms with E-state index in [0.717, 1.165) is 13.2 Å². The maximum atomic E-state index is 5.11. The average Bonchev–Trinajstić information content (AvgIpc) is 2.19. The van der Waals surface area contributed by atoms with Crippen LogP contribution in [0.25, 0.3) is 0 Å². The normalized spacial score (nSPS) is 28.9. The zero-order valence-corrected chi connectivity index (χ0v) is 5.02. The first-order valence-corrected chi connectivity index (χ1v) is 2.77. The molecule has 0 aromatic heterocycles. The summed E-state index contributed by atoms with van der Waals surface area (Å²) < 4.78 is 10.1. The van der Waals surface area contributed by atoms with Crippen molar-refractivity contribution in [3.63, 3.8) is 0 Å². The first-order chi connectivity index (χ1) is 3.93. The van der Waals surface area contributed by atoms with E-state index in [2.05, 4.69) is 5.32 Å². The number of nitrogens with one attached hydrogen (secondary N) is 1. The zero-order valence-electron chi connectivity index (χ0n) is 5.02. The minimum atomic E-state index is 0.278. The fourth-order valence-corrected chi connectivity index (χ4v) is 0.718. The summed E-state index contributed by atoms with van der Waals surface area (Å²) in [7, 11) is 1.90. The first kappa shape index (κ1) is 6.01. The van der Waals surface area contributed by atoms with E-state index in [9.17, 15) is 0 Å². The largest absolute Gasteiger partial charge is 0.353 e. The van der Waals surface area contributed by atoms with E-state index in [4.69, 9.17) is 9.47 Å². The van der Waals surface area contributed by atoms with Gasteiger partial charge in [-0.15, -0.1) is 0 Å². The standard InChI is InChI=1S/C5H11NO2/c1-6-2-5-3-7-4-8-5/h5-6H,2-4H2,1H3/t5-/m1/s1. The molecule has 1 aliphatic heterocycles. The van der Waals surface area contributed by atoms with Crippen LogP contribution in [0.15, 0.2) is 0 Å². The van der Waals surface area contributed by atoms with Crippen LogP contribution in [-0.2, 0) is 9.47 Å². The maximum Gasteiger partial charge on any atom is 0.147 e. The van der Waals surface area contributed by atoms with Gasteiger partial charge < -0.3 is 14.8 Å². The van der Waals surface area contributed by atoms with Crippen LogP contribution in [0.3, 0.4) is 0 Å². The molecule has 0 bridgehead atoms. The lowest BCUT2D eigenvalue weighted by Gasteiger charge is -2.03. The molecule has 1 N–H and O–H groups in total. The van der Waals surface area contributed by atoms with Gasteiger partial charge in [0.25, 0.3) is 0 Å².